The molecular formula is C32H51F2NO8. The van der Waals surface area contributed by atoms with Crippen LogP contribution in [0.5, 0.6) is 0 Å². The molecule has 0 radical (unpaired) electrons. The minimum absolute atomic E-state index is 0.0388. The van der Waals surface area contributed by atoms with Crippen molar-refractivity contribution in [1.82, 2.24) is 5.32 Å². The smallest absolute Gasteiger partial charge is 0.408 e. The molecule has 1 saturated heterocycles. The molecular weight excluding hydrogens is 564 g/mol. The fraction of sp³-hybridized carbons (Fsp3) is 0.750. The molecule has 1 unspecified atom stereocenters. The van der Waals surface area contributed by atoms with E-state index in [1.807, 2.05) is 26.8 Å². The Morgan fingerprint density at radius 3 is 2.26 bits per heavy atom. The lowest BCUT2D eigenvalue weighted by molar-refractivity contribution is -0.260. The third-order valence-corrected chi connectivity index (χ3v) is 7.10. The zero-order chi connectivity index (χ0) is 31.5. The second-order valence-corrected chi connectivity index (χ2v) is 10.8. The lowest BCUT2D eigenvalue weighted by Crippen LogP contribution is -2.58. The van der Waals surface area contributed by atoms with Gasteiger partial charge in [-0.1, -0.05) is 70.4 Å². The molecule has 246 valence electrons. The first-order chi connectivity index (χ1) is 20.7. The van der Waals surface area contributed by atoms with Crippen LogP contribution >= 0.6 is 0 Å². The highest BCUT2D eigenvalue weighted by molar-refractivity contribution is 5.81. The monoisotopic (exact) mass is 615 g/mol. The van der Waals surface area contributed by atoms with Crippen molar-refractivity contribution in [1.29, 1.82) is 0 Å². The molecule has 0 spiro atoms. The molecule has 1 aliphatic rings. The fourth-order valence-electron chi connectivity index (χ4n) is 4.65. The van der Waals surface area contributed by atoms with Gasteiger partial charge in [-0.25, -0.2) is 18.4 Å². The summed E-state index contributed by atoms with van der Waals surface area (Å²) < 4.78 is 66.2. The van der Waals surface area contributed by atoms with Gasteiger partial charge in [-0.3, -0.25) is 0 Å². The lowest BCUT2D eigenvalue weighted by Gasteiger charge is -2.44. The van der Waals surface area contributed by atoms with Gasteiger partial charge in [-0.05, 0) is 31.7 Å². The fourth-order valence-corrected chi connectivity index (χ4v) is 4.65. The van der Waals surface area contributed by atoms with Crippen LogP contribution in [-0.4, -0.2) is 81.5 Å². The molecule has 0 bridgehead atoms. The van der Waals surface area contributed by atoms with Crippen LogP contribution in [0.3, 0.4) is 0 Å². The van der Waals surface area contributed by atoms with Crippen molar-refractivity contribution in [2.75, 3.05) is 33.0 Å². The van der Waals surface area contributed by atoms with Crippen LogP contribution < -0.4 is 5.32 Å². The average Bonchev–Trinajstić information content (AvgIpc) is 2.99. The molecule has 1 heterocycles. The molecule has 0 aromatic heterocycles. The van der Waals surface area contributed by atoms with E-state index in [-0.39, 0.29) is 26.2 Å². The molecule has 1 N–H and O–H groups in total. The molecule has 11 heteroatoms. The predicted molar refractivity (Wildman–Crippen MR) is 158 cm³/mol. The normalized spacial score (nSPS) is 21.3. The highest BCUT2D eigenvalue weighted by atomic mass is 19.3. The predicted octanol–water partition coefficient (Wildman–Crippen LogP) is 6.21. The van der Waals surface area contributed by atoms with Gasteiger partial charge in [0.2, 0.25) is 0 Å². The summed E-state index contributed by atoms with van der Waals surface area (Å²) in [4.78, 5) is 25.2. The number of hydrogen-bond acceptors (Lipinski definition) is 8. The Morgan fingerprint density at radius 2 is 1.60 bits per heavy atom. The van der Waals surface area contributed by atoms with Crippen LogP contribution in [0.2, 0.25) is 0 Å². The number of rotatable bonds is 21. The number of carbonyl (C=O) groups excluding carboxylic acids is 2. The topological polar surface area (TPSA) is 102 Å². The molecule has 1 aromatic rings. The number of nitrogens with one attached hydrogen (secondary N) is 1. The number of ether oxygens (including phenoxy) is 6. The molecule has 1 fully saturated rings. The van der Waals surface area contributed by atoms with E-state index < -0.39 is 54.9 Å². The average molecular weight is 616 g/mol. The Kier molecular flexibility index (Phi) is 17.6. The molecule has 1 amide bonds. The Balaban J connectivity index is 2.20. The number of halogens is 2. The van der Waals surface area contributed by atoms with E-state index in [0.29, 0.717) is 25.4 Å². The van der Waals surface area contributed by atoms with Crippen LogP contribution in [-0.2, 0) is 39.8 Å². The number of alkyl halides is 2. The number of hydrogen-bond donors (Lipinski definition) is 1. The second kappa shape index (κ2) is 20.6. The highest BCUT2D eigenvalue weighted by Gasteiger charge is 2.52. The minimum atomic E-state index is -3.54. The van der Waals surface area contributed by atoms with E-state index in [4.69, 9.17) is 28.4 Å². The summed E-state index contributed by atoms with van der Waals surface area (Å²) in [5.41, 5.74) is 0.711. The molecule has 5 atom stereocenters. The van der Waals surface area contributed by atoms with E-state index >= 15 is 8.78 Å². The molecule has 43 heavy (non-hydrogen) atoms. The van der Waals surface area contributed by atoms with Crippen molar-refractivity contribution in [3.63, 3.8) is 0 Å². The van der Waals surface area contributed by atoms with E-state index in [1.165, 1.54) is 0 Å². The van der Waals surface area contributed by atoms with Gasteiger partial charge in [-0.15, -0.1) is 0 Å². The SMILES string of the molecule is CCCCOC[C@H]1O[C@H](C(F)(F)CC(NC(=O)OCc2ccccc2)C(=O)OCC)C[C@@H](OCCCC)[C@H]1OCCCC. The van der Waals surface area contributed by atoms with Crippen LogP contribution in [0.25, 0.3) is 0 Å². The standard InChI is InChI=1S/C32H51F2NO8/c1-5-9-17-38-23-27-29(41-19-11-7-3)26(40-18-10-6-2)20-28(43-27)32(33,34)21-25(30(36)39-8-4)35-31(37)42-22-24-15-13-12-14-16-24/h12-16,25-29H,5-11,17-23H2,1-4H3,(H,35,37)/t25?,26-,27-,28+,29-/m1/s1. The Morgan fingerprint density at radius 1 is 0.953 bits per heavy atom. The first-order valence-corrected chi connectivity index (χ1v) is 15.7. The van der Waals surface area contributed by atoms with E-state index in [9.17, 15) is 9.59 Å². The van der Waals surface area contributed by atoms with Crippen molar-refractivity contribution in [2.24, 2.45) is 0 Å². The number of alkyl carbamates (subject to hydrolysis) is 1. The zero-order valence-electron chi connectivity index (χ0n) is 26.2. The maximum atomic E-state index is 16.0. The summed E-state index contributed by atoms with van der Waals surface area (Å²) in [7, 11) is 0. The molecule has 0 saturated carbocycles. The minimum Gasteiger partial charge on any atom is -0.464 e. The lowest BCUT2D eigenvalue weighted by atomic mass is 9.91. The third kappa shape index (κ3) is 13.5. The summed E-state index contributed by atoms with van der Waals surface area (Å²) in [5, 5.41) is 2.27. The van der Waals surface area contributed by atoms with Gasteiger partial charge in [0.25, 0.3) is 5.92 Å². The Hall–Kier alpha value is -2.34. The van der Waals surface area contributed by atoms with Gasteiger partial charge in [0.05, 0.1) is 19.3 Å². The largest absolute Gasteiger partial charge is 0.464 e. The molecule has 9 nitrogen and oxygen atoms in total. The van der Waals surface area contributed by atoms with Crippen molar-refractivity contribution in [3.05, 3.63) is 35.9 Å². The van der Waals surface area contributed by atoms with Gasteiger partial charge in [-0.2, -0.15) is 0 Å². The van der Waals surface area contributed by atoms with Gasteiger partial charge >= 0.3 is 12.1 Å². The number of unbranched alkanes of at least 4 members (excludes halogenated alkanes) is 3. The van der Waals surface area contributed by atoms with Crippen molar-refractivity contribution >= 4 is 12.1 Å². The summed E-state index contributed by atoms with van der Waals surface area (Å²) in [5.74, 6) is -4.52. The Bertz CT molecular complexity index is 907. The first-order valence-electron chi connectivity index (χ1n) is 15.7. The van der Waals surface area contributed by atoms with Gasteiger partial charge < -0.3 is 33.7 Å². The third-order valence-electron chi connectivity index (χ3n) is 7.10. The molecule has 0 aliphatic carbocycles. The summed E-state index contributed by atoms with van der Waals surface area (Å²) in [6, 6.07) is 7.24. The maximum Gasteiger partial charge on any atom is 0.408 e. The van der Waals surface area contributed by atoms with Gasteiger partial charge in [0.15, 0.2) is 0 Å². The maximum absolute atomic E-state index is 16.0. The summed E-state index contributed by atoms with van der Waals surface area (Å²) >= 11 is 0. The van der Waals surface area contributed by atoms with Crippen molar-refractivity contribution in [2.45, 2.75) is 122 Å². The van der Waals surface area contributed by atoms with E-state index in [1.54, 1.807) is 31.2 Å². The molecule has 2 rings (SSSR count). The number of carbonyl (C=O) groups is 2. The van der Waals surface area contributed by atoms with Crippen LogP contribution in [0.4, 0.5) is 13.6 Å². The number of amides is 1. The van der Waals surface area contributed by atoms with Crippen LogP contribution in [0.1, 0.15) is 84.6 Å². The zero-order valence-corrected chi connectivity index (χ0v) is 26.2. The summed E-state index contributed by atoms with van der Waals surface area (Å²) in [6.07, 6.45) is -0.666. The van der Waals surface area contributed by atoms with Crippen molar-refractivity contribution < 1.29 is 46.8 Å². The number of benzene rings is 1. The second-order valence-electron chi connectivity index (χ2n) is 10.8. The van der Waals surface area contributed by atoms with E-state index in [0.717, 1.165) is 38.5 Å². The Labute approximate surface area is 255 Å². The number of esters is 1. The van der Waals surface area contributed by atoms with Crippen LogP contribution in [0, 0.1) is 0 Å². The summed E-state index contributed by atoms with van der Waals surface area (Å²) in [6.45, 7) is 8.94. The van der Waals surface area contributed by atoms with Gasteiger partial charge in [0.1, 0.15) is 31.0 Å². The van der Waals surface area contributed by atoms with Gasteiger partial charge in [0, 0.05) is 32.7 Å². The molecule has 1 aromatic carbocycles. The molecule has 1 aliphatic heterocycles. The van der Waals surface area contributed by atoms with E-state index in [2.05, 4.69) is 5.32 Å². The first kappa shape index (κ1) is 36.8. The highest BCUT2D eigenvalue weighted by Crippen LogP contribution is 2.37. The van der Waals surface area contributed by atoms with Crippen LogP contribution in [0.15, 0.2) is 30.3 Å². The quantitative estimate of drug-likeness (QED) is 0.129. The van der Waals surface area contributed by atoms with Crippen molar-refractivity contribution in [3.8, 4) is 0 Å².